The van der Waals surface area contributed by atoms with Crippen molar-refractivity contribution in [2.24, 2.45) is 0 Å². The summed E-state index contributed by atoms with van der Waals surface area (Å²) in [6.07, 6.45) is 3.88. The Morgan fingerprint density at radius 3 is 2.65 bits per heavy atom. The summed E-state index contributed by atoms with van der Waals surface area (Å²) in [7, 11) is 0. The summed E-state index contributed by atoms with van der Waals surface area (Å²) >= 11 is 0. The molecule has 1 saturated heterocycles. The molecule has 1 N–H and O–H groups in total. The molecule has 20 heavy (non-hydrogen) atoms. The molecule has 3 nitrogen and oxygen atoms in total. The highest BCUT2D eigenvalue weighted by molar-refractivity contribution is 5.22. The van der Waals surface area contributed by atoms with E-state index in [1.54, 1.807) is 0 Å². The average Bonchev–Trinajstić information content (AvgIpc) is 3.31. The Labute approximate surface area is 122 Å². The first-order valence-corrected chi connectivity index (χ1v) is 7.98. The second-order valence-electron chi connectivity index (χ2n) is 6.08. The normalized spacial score (nSPS) is 23.9. The Hall–Kier alpha value is -0.900. The Balaban J connectivity index is 1.53. The fourth-order valence-electron chi connectivity index (χ4n) is 2.82. The van der Waals surface area contributed by atoms with Gasteiger partial charge in [0.15, 0.2) is 0 Å². The molecule has 3 heteroatoms. The van der Waals surface area contributed by atoms with E-state index in [9.17, 15) is 0 Å². The molecule has 2 fully saturated rings. The maximum Gasteiger partial charge on any atom is 0.0622 e. The number of nitrogens with zero attached hydrogens (tertiary/aromatic N) is 1. The third-order valence-electron chi connectivity index (χ3n) is 4.40. The number of hydrogen-bond acceptors (Lipinski definition) is 3. The van der Waals surface area contributed by atoms with Gasteiger partial charge in [-0.3, -0.25) is 4.90 Å². The number of morpholine rings is 1. The first-order chi connectivity index (χ1) is 9.85. The Kier molecular flexibility index (Phi) is 4.71. The van der Waals surface area contributed by atoms with Crippen LogP contribution in [0.5, 0.6) is 0 Å². The standard InChI is InChI=1S/C17H26N2O/c1-2-17-13-20-10-9-19(17)12-15-5-3-14(4-6-15)11-18-16-7-8-16/h3-6,16-18H,2,7-13H2,1H3. The number of hydrogen-bond donors (Lipinski definition) is 1. The smallest absolute Gasteiger partial charge is 0.0622 e. The van der Waals surface area contributed by atoms with E-state index in [1.165, 1.54) is 30.4 Å². The SMILES string of the molecule is CCC1COCCN1Cc1ccc(CNC2CC2)cc1. The summed E-state index contributed by atoms with van der Waals surface area (Å²) in [5, 5.41) is 3.56. The van der Waals surface area contributed by atoms with Gasteiger partial charge in [0.05, 0.1) is 13.2 Å². The molecule has 0 aromatic heterocycles. The van der Waals surface area contributed by atoms with Crippen LogP contribution in [-0.4, -0.2) is 36.7 Å². The molecule has 1 atom stereocenters. The van der Waals surface area contributed by atoms with Crippen molar-refractivity contribution in [1.29, 1.82) is 0 Å². The van der Waals surface area contributed by atoms with Crippen molar-refractivity contribution in [3.05, 3.63) is 35.4 Å². The van der Waals surface area contributed by atoms with Crippen molar-refractivity contribution in [3.8, 4) is 0 Å². The summed E-state index contributed by atoms with van der Waals surface area (Å²) in [4.78, 5) is 2.56. The number of ether oxygens (including phenoxy) is 1. The van der Waals surface area contributed by atoms with E-state index < -0.39 is 0 Å². The van der Waals surface area contributed by atoms with Crippen LogP contribution in [0.4, 0.5) is 0 Å². The van der Waals surface area contributed by atoms with Crippen molar-refractivity contribution in [3.63, 3.8) is 0 Å². The fourth-order valence-corrected chi connectivity index (χ4v) is 2.82. The molecule has 3 rings (SSSR count). The van der Waals surface area contributed by atoms with E-state index in [-0.39, 0.29) is 0 Å². The van der Waals surface area contributed by atoms with Crippen LogP contribution in [0.2, 0.25) is 0 Å². The van der Waals surface area contributed by atoms with Crippen LogP contribution in [0.1, 0.15) is 37.3 Å². The lowest BCUT2D eigenvalue weighted by molar-refractivity contribution is -0.0127. The topological polar surface area (TPSA) is 24.5 Å². The summed E-state index contributed by atoms with van der Waals surface area (Å²) < 4.78 is 5.57. The molecule has 1 saturated carbocycles. The lowest BCUT2D eigenvalue weighted by atomic mass is 10.1. The van der Waals surface area contributed by atoms with Gasteiger partial charge in [-0.05, 0) is 30.4 Å². The fraction of sp³-hybridized carbons (Fsp3) is 0.647. The second-order valence-corrected chi connectivity index (χ2v) is 6.08. The monoisotopic (exact) mass is 274 g/mol. The van der Waals surface area contributed by atoms with Crippen LogP contribution in [-0.2, 0) is 17.8 Å². The van der Waals surface area contributed by atoms with Crippen molar-refractivity contribution >= 4 is 0 Å². The minimum atomic E-state index is 0.583. The van der Waals surface area contributed by atoms with Gasteiger partial charge in [0.1, 0.15) is 0 Å². The molecule has 0 amide bonds. The van der Waals surface area contributed by atoms with E-state index in [0.717, 1.165) is 38.9 Å². The summed E-state index contributed by atoms with van der Waals surface area (Å²) in [5.41, 5.74) is 2.81. The van der Waals surface area contributed by atoms with Gasteiger partial charge in [-0.25, -0.2) is 0 Å². The van der Waals surface area contributed by atoms with Gasteiger partial charge in [-0.15, -0.1) is 0 Å². The predicted octanol–water partition coefficient (Wildman–Crippen LogP) is 2.55. The van der Waals surface area contributed by atoms with E-state index in [2.05, 4.69) is 41.4 Å². The highest BCUT2D eigenvalue weighted by Gasteiger charge is 2.21. The molecular formula is C17H26N2O. The molecule has 1 heterocycles. The molecule has 0 bridgehead atoms. The van der Waals surface area contributed by atoms with E-state index in [4.69, 9.17) is 4.74 Å². The van der Waals surface area contributed by atoms with Gasteiger partial charge in [0.2, 0.25) is 0 Å². The summed E-state index contributed by atoms with van der Waals surface area (Å²) in [5.74, 6) is 0. The van der Waals surface area contributed by atoms with Gasteiger partial charge in [0, 0.05) is 31.7 Å². The molecule has 2 aliphatic rings. The molecule has 1 aromatic carbocycles. The van der Waals surface area contributed by atoms with Crippen LogP contribution in [0.3, 0.4) is 0 Å². The molecule has 1 aromatic rings. The highest BCUT2D eigenvalue weighted by Crippen LogP contribution is 2.19. The Bertz CT molecular complexity index is 414. The zero-order valence-electron chi connectivity index (χ0n) is 12.5. The van der Waals surface area contributed by atoms with E-state index in [1.807, 2.05) is 0 Å². The zero-order chi connectivity index (χ0) is 13.8. The maximum atomic E-state index is 5.57. The van der Waals surface area contributed by atoms with Gasteiger partial charge in [0.25, 0.3) is 0 Å². The molecule has 110 valence electrons. The minimum absolute atomic E-state index is 0.583. The van der Waals surface area contributed by atoms with Gasteiger partial charge < -0.3 is 10.1 Å². The molecular weight excluding hydrogens is 248 g/mol. The highest BCUT2D eigenvalue weighted by atomic mass is 16.5. The lowest BCUT2D eigenvalue weighted by Crippen LogP contribution is -2.44. The molecule has 1 aliphatic carbocycles. The summed E-state index contributed by atoms with van der Waals surface area (Å²) in [6, 6.07) is 10.5. The lowest BCUT2D eigenvalue weighted by Gasteiger charge is -2.35. The van der Waals surface area contributed by atoms with E-state index in [0.29, 0.717) is 6.04 Å². The first kappa shape index (κ1) is 14.1. The molecule has 1 aliphatic heterocycles. The van der Waals surface area contributed by atoms with Crippen LogP contribution < -0.4 is 5.32 Å². The van der Waals surface area contributed by atoms with Crippen LogP contribution in [0.25, 0.3) is 0 Å². The van der Waals surface area contributed by atoms with Crippen molar-refractivity contribution in [2.45, 2.75) is 51.4 Å². The van der Waals surface area contributed by atoms with Crippen LogP contribution in [0.15, 0.2) is 24.3 Å². The summed E-state index contributed by atoms with van der Waals surface area (Å²) in [6.45, 7) is 7.14. The van der Waals surface area contributed by atoms with Crippen LogP contribution >= 0.6 is 0 Å². The predicted molar refractivity (Wildman–Crippen MR) is 81.6 cm³/mol. The minimum Gasteiger partial charge on any atom is -0.378 e. The molecule has 0 spiro atoms. The largest absolute Gasteiger partial charge is 0.378 e. The quantitative estimate of drug-likeness (QED) is 0.863. The third kappa shape index (κ3) is 3.81. The van der Waals surface area contributed by atoms with Crippen molar-refractivity contribution in [2.75, 3.05) is 19.8 Å². The maximum absolute atomic E-state index is 5.57. The average molecular weight is 274 g/mol. The first-order valence-electron chi connectivity index (χ1n) is 7.98. The van der Waals surface area contributed by atoms with Gasteiger partial charge >= 0.3 is 0 Å². The number of benzene rings is 1. The zero-order valence-corrected chi connectivity index (χ0v) is 12.5. The second kappa shape index (κ2) is 6.70. The number of nitrogens with one attached hydrogen (secondary N) is 1. The van der Waals surface area contributed by atoms with E-state index >= 15 is 0 Å². The molecule has 1 unspecified atom stereocenters. The molecule has 0 radical (unpaired) electrons. The number of rotatable bonds is 6. The van der Waals surface area contributed by atoms with Crippen molar-refractivity contribution < 1.29 is 4.74 Å². The Morgan fingerprint density at radius 2 is 1.95 bits per heavy atom. The van der Waals surface area contributed by atoms with Gasteiger partial charge in [-0.2, -0.15) is 0 Å². The third-order valence-corrected chi connectivity index (χ3v) is 4.40. The van der Waals surface area contributed by atoms with Crippen molar-refractivity contribution in [1.82, 2.24) is 10.2 Å². The van der Waals surface area contributed by atoms with Gasteiger partial charge in [-0.1, -0.05) is 31.2 Å². The van der Waals surface area contributed by atoms with Crippen LogP contribution in [0, 0.1) is 0 Å². The Morgan fingerprint density at radius 1 is 1.20 bits per heavy atom.